The lowest BCUT2D eigenvalue weighted by atomic mass is 9.95. The van der Waals surface area contributed by atoms with Gasteiger partial charge < -0.3 is 9.64 Å². The van der Waals surface area contributed by atoms with E-state index in [1.54, 1.807) is 16.2 Å². The Morgan fingerprint density at radius 1 is 1.48 bits per heavy atom. The van der Waals surface area contributed by atoms with Crippen molar-refractivity contribution in [3.8, 4) is 5.75 Å². The van der Waals surface area contributed by atoms with Crippen LogP contribution in [0.15, 0.2) is 29.6 Å². The van der Waals surface area contributed by atoms with Gasteiger partial charge in [0.05, 0.1) is 23.2 Å². The first-order valence-electron chi connectivity index (χ1n) is 7.00. The highest BCUT2D eigenvalue weighted by molar-refractivity contribution is 7.09. The molecule has 1 aliphatic heterocycles. The lowest BCUT2D eigenvalue weighted by Crippen LogP contribution is -2.38. The van der Waals surface area contributed by atoms with Gasteiger partial charge in [-0.05, 0) is 25.0 Å². The Morgan fingerprint density at radius 3 is 3.05 bits per heavy atom. The maximum atomic E-state index is 12.5. The van der Waals surface area contributed by atoms with Gasteiger partial charge in [0.2, 0.25) is 5.91 Å². The predicted octanol–water partition coefficient (Wildman–Crippen LogP) is 2.66. The third-order valence-corrected chi connectivity index (χ3v) is 4.49. The molecule has 1 atom stereocenters. The van der Waals surface area contributed by atoms with Gasteiger partial charge in [-0.15, -0.1) is 11.3 Å². The number of benzene rings is 1. The fraction of sp³-hybridized carbons (Fsp3) is 0.375. The number of para-hydroxylation sites is 1. The van der Waals surface area contributed by atoms with Crippen LogP contribution in [0.25, 0.3) is 0 Å². The number of hydrogen-bond donors (Lipinski definition) is 0. The molecular weight excluding hydrogens is 284 g/mol. The predicted molar refractivity (Wildman–Crippen MR) is 82.5 cm³/mol. The average molecular weight is 302 g/mol. The topological polar surface area (TPSA) is 42.4 Å². The molecule has 0 unspecified atom stereocenters. The summed E-state index contributed by atoms with van der Waals surface area (Å²) in [6.07, 6.45) is 0.745. The van der Waals surface area contributed by atoms with E-state index in [-0.39, 0.29) is 11.8 Å². The molecule has 1 aromatic heterocycles. The van der Waals surface area contributed by atoms with Crippen molar-refractivity contribution in [2.45, 2.75) is 19.9 Å². The van der Waals surface area contributed by atoms with E-state index < -0.39 is 0 Å². The molecule has 0 saturated heterocycles. The van der Waals surface area contributed by atoms with Gasteiger partial charge in [0, 0.05) is 12.4 Å². The Morgan fingerprint density at radius 2 is 2.29 bits per heavy atom. The number of amides is 1. The first-order valence-corrected chi connectivity index (χ1v) is 7.88. The minimum atomic E-state index is -0.107. The summed E-state index contributed by atoms with van der Waals surface area (Å²) in [4.78, 5) is 18.7. The zero-order chi connectivity index (χ0) is 14.8. The molecule has 1 aromatic carbocycles. The molecular formula is C16H18N2O2S. The lowest BCUT2D eigenvalue weighted by Gasteiger charge is -2.28. The monoisotopic (exact) mass is 302 g/mol. The summed E-state index contributed by atoms with van der Waals surface area (Å²) < 4.78 is 5.70. The molecule has 2 aromatic rings. The fourth-order valence-electron chi connectivity index (χ4n) is 2.60. The van der Waals surface area contributed by atoms with Crippen LogP contribution in [0, 0.1) is 12.8 Å². The van der Waals surface area contributed by atoms with E-state index in [9.17, 15) is 4.79 Å². The largest absolute Gasteiger partial charge is 0.492 e. The summed E-state index contributed by atoms with van der Waals surface area (Å²) in [6.45, 7) is 2.99. The van der Waals surface area contributed by atoms with Crippen molar-refractivity contribution in [1.29, 1.82) is 0 Å². The Kier molecular flexibility index (Phi) is 3.92. The number of ether oxygens (including phenoxy) is 1. The van der Waals surface area contributed by atoms with Gasteiger partial charge in [0.1, 0.15) is 12.4 Å². The zero-order valence-corrected chi connectivity index (χ0v) is 13.0. The van der Waals surface area contributed by atoms with Gasteiger partial charge in [0.15, 0.2) is 0 Å². The quantitative estimate of drug-likeness (QED) is 0.875. The molecule has 21 heavy (non-hydrogen) atoms. The second kappa shape index (κ2) is 5.85. The second-order valence-corrected chi connectivity index (χ2v) is 6.43. The van der Waals surface area contributed by atoms with Crippen molar-refractivity contribution in [3.05, 3.63) is 45.9 Å². The van der Waals surface area contributed by atoms with E-state index in [0.29, 0.717) is 13.2 Å². The highest BCUT2D eigenvalue weighted by atomic mass is 32.1. The number of aromatic nitrogens is 1. The maximum absolute atomic E-state index is 12.5. The minimum Gasteiger partial charge on any atom is -0.492 e. The van der Waals surface area contributed by atoms with Crippen LogP contribution in [0.4, 0.5) is 0 Å². The van der Waals surface area contributed by atoms with E-state index >= 15 is 0 Å². The van der Waals surface area contributed by atoms with E-state index in [1.165, 1.54) is 0 Å². The Hall–Kier alpha value is -1.88. The highest BCUT2D eigenvalue weighted by Crippen LogP contribution is 2.27. The van der Waals surface area contributed by atoms with Crippen LogP contribution in [0.5, 0.6) is 5.75 Å². The van der Waals surface area contributed by atoms with Crippen LogP contribution in [-0.4, -0.2) is 29.4 Å². The van der Waals surface area contributed by atoms with Gasteiger partial charge in [-0.3, -0.25) is 4.79 Å². The van der Waals surface area contributed by atoms with E-state index in [0.717, 1.165) is 28.4 Å². The van der Waals surface area contributed by atoms with Gasteiger partial charge in [-0.1, -0.05) is 18.2 Å². The van der Waals surface area contributed by atoms with Crippen molar-refractivity contribution < 1.29 is 9.53 Å². The molecule has 0 N–H and O–H groups in total. The van der Waals surface area contributed by atoms with Crippen LogP contribution in [0.2, 0.25) is 0 Å². The third-order valence-electron chi connectivity index (χ3n) is 3.67. The number of aryl methyl sites for hydroxylation is 1. The smallest absolute Gasteiger partial charge is 0.229 e. The molecule has 4 nitrogen and oxygen atoms in total. The van der Waals surface area contributed by atoms with E-state index in [4.69, 9.17) is 4.74 Å². The van der Waals surface area contributed by atoms with E-state index in [1.807, 2.05) is 43.6 Å². The van der Waals surface area contributed by atoms with Gasteiger partial charge in [-0.25, -0.2) is 4.98 Å². The van der Waals surface area contributed by atoms with Crippen molar-refractivity contribution in [1.82, 2.24) is 9.88 Å². The standard InChI is InChI=1S/C16H18N2O2S/c1-11-17-14(10-21-11)8-18(2)16(19)13-7-12-5-3-4-6-15(12)20-9-13/h3-6,10,13H,7-9H2,1-2H3/t13-/m1/s1. The maximum Gasteiger partial charge on any atom is 0.229 e. The number of hydrogen-bond acceptors (Lipinski definition) is 4. The molecule has 1 aliphatic rings. The number of thiazole rings is 1. The molecule has 5 heteroatoms. The van der Waals surface area contributed by atoms with Crippen molar-refractivity contribution in [2.24, 2.45) is 5.92 Å². The number of nitrogens with zero attached hydrogens (tertiary/aromatic N) is 2. The van der Waals surface area contributed by atoms with Crippen molar-refractivity contribution in [2.75, 3.05) is 13.7 Å². The van der Waals surface area contributed by atoms with Crippen molar-refractivity contribution in [3.63, 3.8) is 0 Å². The van der Waals surface area contributed by atoms with Gasteiger partial charge in [0.25, 0.3) is 0 Å². The lowest BCUT2D eigenvalue weighted by molar-refractivity contribution is -0.136. The van der Waals surface area contributed by atoms with Crippen molar-refractivity contribution >= 4 is 17.2 Å². The van der Waals surface area contributed by atoms with Gasteiger partial charge >= 0.3 is 0 Å². The van der Waals surface area contributed by atoms with Crippen LogP contribution in [0.1, 0.15) is 16.3 Å². The molecule has 0 spiro atoms. The number of carbonyl (C=O) groups is 1. The Balaban J connectivity index is 1.66. The SMILES string of the molecule is Cc1nc(CN(C)C(=O)[C@H]2COc3ccccc3C2)cs1. The summed E-state index contributed by atoms with van der Waals surface area (Å²) in [7, 11) is 1.83. The normalized spacial score (nSPS) is 17.0. The third kappa shape index (κ3) is 3.08. The summed E-state index contributed by atoms with van der Waals surface area (Å²) in [5, 5.41) is 3.03. The number of fused-ring (bicyclic) bond motifs is 1. The molecule has 110 valence electrons. The summed E-state index contributed by atoms with van der Waals surface area (Å²) in [6, 6.07) is 7.92. The van der Waals surface area contributed by atoms with Crippen LogP contribution < -0.4 is 4.74 Å². The molecule has 0 radical (unpaired) electrons. The molecule has 0 saturated carbocycles. The highest BCUT2D eigenvalue weighted by Gasteiger charge is 2.28. The number of carbonyl (C=O) groups excluding carboxylic acids is 1. The Labute approximate surface area is 128 Å². The van der Waals surface area contributed by atoms with Crippen LogP contribution in [0.3, 0.4) is 0 Å². The van der Waals surface area contributed by atoms with Gasteiger partial charge in [-0.2, -0.15) is 0 Å². The average Bonchev–Trinajstić information content (AvgIpc) is 2.91. The summed E-state index contributed by atoms with van der Waals surface area (Å²) >= 11 is 1.61. The summed E-state index contributed by atoms with van der Waals surface area (Å²) in [5.74, 6) is 0.916. The molecule has 3 rings (SSSR count). The van der Waals surface area contributed by atoms with Crippen LogP contribution >= 0.6 is 11.3 Å². The second-order valence-electron chi connectivity index (χ2n) is 5.37. The van der Waals surface area contributed by atoms with E-state index in [2.05, 4.69) is 4.98 Å². The summed E-state index contributed by atoms with van der Waals surface area (Å²) in [5.41, 5.74) is 2.06. The molecule has 0 aliphatic carbocycles. The molecule has 2 heterocycles. The molecule has 0 fully saturated rings. The minimum absolute atomic E-state index is 0.107. The molecule has 0 bridgehead atoms. The first-order chi connectivity index (χ1) is 10.1. The first kappa shape index (κ1) is 14.1. The zero-order valence-electron chi connectivity index (χ0n) is 12.2. The molecule has 1 amide bonds. The fourth-order valence-corrected chi connectivity index (χ4v) is 3.20. The Bertz CT molecular complexity index is 653. The van der Waals surface area contributed by atoms with Crippen LogP contribution in [-0.2, 0) is 17.8 Å². The number of rotatable bonds is 3.